The molecular formula is C14H14ClN3O2S. The molecule has 1 aliphatic heterocycles. The Morgan fingerprint density at radius 2 is 2.14 bits per heavy atom. The molecule has 1 aromatic heterocycles. The van der Waals surface area contributed by atoms with E-state index in [4.69, 9.17) is 23.1 Å². The first-order valence-electron chi connectivity index (χ1n) is 6.53. The van der Waals surface area contributed by atoms with Crippen LogP contribution in [0.2, 0.25) is 5.02 Å². The van der Waals surface area contributed by atoms with Crippen molar-refractivity contribution < 1.29 is 9.59 Å². The summed E-state index contributed by atoms with van der Waals surface area (Å²) in [6.45, 7) is 0.892. The van der Waals surface area contributed by atoms with Gasteiger partial charge in [-0.3, -0.25) is 9.59 Å². The number of hydrogen-bond donors (Lipinski definition) is 2. The van der Waals surface area contributed by atoms with Gasteiger partial charge in [0.25, 0.3) is 5.91 Å². The largest absolute Gasteiger partial charge is 0.397 e. The van der Waals surface area contributed by atoms with Crippen molar-refractivity contribution in [2.75, 3.05) is 18.8 Å². The van der Waals surface area contributed by atoms with E-state index in [9.17, 15) is 9.59 Å². The Hall–Kier alpha value is -1.79. The average molecular weight is 324 g/mol. The molecule has 0 bridgehead atoms. The lowest BCUT2D eigenvalue weighted by molar-refractivity contribution is -0.121. The topological polar surface area (TPSA) is 89.4 Å². The Balaban J connectivity index is 1.92. The highest BCUT2D eigenvalue weighted by Crippen LogP contribution is 2.36. The van der Waals surface area contributed by atoms with Crippen LogP contribution in [-0.2, 0) is 4.79 Å². The molecule has 1 saturated heterocycles. The highest BCUT2D eigenvalue weighted by atomic mass is 35.5. The van der Waals surface area contributed by atoms with Gasteiger partial charge in [-0.1, -0.05) is 11.6 Å². The number of halogens is 1. The molecule has 0 spiro atoms. The molecule has 3 rings (SSSR count). The molecule has 2 amide bonds. The normalized spacial score (nSPS) is 18.3. The number of carbonyl (C=O) groups is 2. The maximum Gasteiger partial charge on any atom is 0.266 e. The Morgan fingerprint density at radius 3 is 2.81 bits per heavy atom. The number of primary amides is 1. The number of benzene rings is 1. The molecule has 4 N–H and O–H groups in total. The second kappa shape index (κ2) is 5.20. The minimum atomic E-state index is -0.360. The molecule has 1 fully saturated rings. The lowest BCUT2D eigenvalue weighted by Gasteiger charge is -2.15. The van der Waals surface area contributed by atoms with Crippen LogP contribution in [-0.4, -0.2) is 29.8 Å². The van der Waals surface area contributed by atoms with Crippen LogP contribution in [0.5, 0.6) is 0 Å². The van der Waals surface area contributed by atoms with Gasteiger partial charge in [0.1, 0.15) is 4.88 Å². The van der Waals surface area contributed by atoms with E-state index in [1.807, 2.05) is 6.07 Å². The number of carbonyl (C=O) groups excluding carboxylic acids is 2. The summed E-state index contributed by atoms with van der Waals surface area (Å²) in [5.41, 5.74) is 11.8. The van der Waals surface area contributed by atoms with Crippen molar-refractivity contribution in [3.63, 3.8) is 0 Å². The van der Waals surface area contributed by atoms with E-state index in [0.717, 1.165) is 10.1 Å². The molecule has 7 heteroatoms. The molecule has 1 atom stereocenters. The summed E-state index contributed by atoms with van der Waals surface area (Å²) >= 11 is 7.31. The van der Waals surface area contributed by atoms with E-state index < -0.39 is 0 Å². The average Bonchev–Trinajstić information content (AvgIpc) is 3.04. The molecular weight excluding hydrogens is 310 g/mol. The highest BCUT2D eigenvalue weighted by Gasteiger charge is 2.31. The summed E-state index contributed by atoms with van der Waals surface area (Å²) in [4.78, 5) is 25.9. The van der Waals surface area contributed by atoms with Gasteiger partial charge in [-0.05, 0) is 24.6 Å². The predicted molar refractivity (Wildman–Crippen MR) is 84.5 cm³/mol. The molecule has 0 radical (unpaired) electrons. The minimum absolute atomic E-state index is 0.145. The molecule has 2 heterocycles. The summed E-state index contributed by atoms with van der Waals surface area (Å²) in [6, 6.07) is 5.38. The van der Waals surface area contributed by atoms with E-state index in [0.29, 0.717) is 35.1 Å². The van der Waals surface area contributed by atoms with Crippen LogP contribution in [0.15, 0.2) is 18.2 Å². The van der Waals surface area contributed by atoms with Crippen LogP contribution in [0.25, 0.3) is 10.1 Å². The third-order valence-corrected chi connectivity index (χ3v) is 5.17. The fraction of sp³-hybridized carbons (Fsp3) is 0.286. The van der Waals surface area contributed by atoms with Gasteiger partial charge in [-0.15, -0.1) is 11.3 Å². The lowest BCUT2D eigenvalue weighted by atomic mass is 10.1. The summed E-state index contributed by atoms with van der Waals surface area (Å²) in [5.74, 6) is -0.769. The Morgan fingerprint density at radius 1 is 1.38 bits per heavy atom. The van der Waals surface area contributed by atoms with E-state index in [-0.39, 0.29) is 17.7 Å². The smallest absolute Gasteiger partial charge is 0.266 e. The zero-order valence-corrected chi connectivity index (χ0v) is 12.7. The van der Waals surface area contributed by atoms with E-state index >= 15 is 0 Å². The van der Waals surface area contributed by atoms with Crippen LogP contribution in [0.1, 0.15) is 16.1 Å². The third-order valence-electron chi connectivity index (χ3n) is 3.76. The number of hydrogen-bond acceptors (Lipinski definition) is 4. The number of anilines is 1. The number of nitrogens with two attached hydrogens (primary N) is 2. The van der Waals surface area contributed by atoms with Gasteiger partial charge in [0.05, 0.1) is 11.6 Å². The molecule has 1 unspecified atom stereocenters. The molecule has 1 aromatic carbocycles. The number of nitrogen functional groups attached to an aromatic ring is 1. The minimum Gasteiger partial charge on any atom is -0.397 e. The van der Waals surface area contributed by atoms with Gasteiger partial charge in [0, 0.05) is 28.2 Å². The Labute approximate surface area is 130 Å². The predicted octanol–water partition coefficient (Wildman–Crippen LogP) is 2.08. The number of amides is 2. The van der Waals surface area contributed by atoms with Crippen LogP contribution in [0.4, 0.5) is 5.69 Å². The fourth-order valence-corrected chi connectivity index (χ4v) is 3.81. The number of thiophene rings is 1. The number of fused-ring (bicyclic) bond motifs is 1. The van der Waals surface area contributed by atoms with Crippen molar-refractivity contribution in [3.8, 4) is 0 Å². The first-order valence-corrected chi connectivity index (χ1v) is 7.73. The standard InChI is InChI=1S/C14H14ClN3O2S/c15-8-1-2-10-9(5-8)11(16)12(21-10)14(20)18-4-3-7(6-18)13(17)19/h1-2,5,7H,3-4,6,16H2,(H2,17,19). The molecule has 2 aromatic rings. The van der Waals surface area contributed by atoms with E-state index in [1.165, 1.54) is 11.3 Å². The monoisotopic (exact) mass is 323 g/mol. The van der Waals surface area contributed by atoms with Crippen LogP contribution in [0.3, 0.4) is 0 Å². The lowest BCUT2D eigenvalue weighted by Crippen LogP contribution is -2.31. The van der Waals surface area contributed by atoms with E-state index in [2.05, 4.69) is 0 Å². The third kappa shape index (κ3) is 2.45. The SMILES string of the molecule is NC(=O)C1CCN(C(=O)c2sc3ccc(Cl)cc3c2N)C1. The summed E-state index contributed by atoms with van der Waals surface area (Å²) in [7, 11) is 0. The summed E-state index contributed by atoms with van der Waals surface area (Å²) < 4.78 is 0.922. The fourth-order valence-electron chi connectivity index (χ4n) is 2.57. The first-order chi connectivity index (χ1) is 9.97. The van der Waals surface area contributed by atoms with Gasteiger partial charge < -0.3 is 16.4 Å². The maximum absolute atomic E-state index is 12.6. The van der Waals surface area contributed by atoms with Gasteiger partial charge in [0.2, 0.25) is 5.91 Å². The zero-order valence-electron chi connectivity index (χ0n) is 11.1. The van der Waals surface area contributed by atoms with E-state index in [1.54, 1.807) is 17.0 Å². The van der Waals surface area contributed by atoms with Gasteiger partial charge >= 0.3 is 0 Å². The second-order valence-electron chi connectivity index (χ2n) is 5.12. The number of likely N-dealkylation sites (tertiary alicyclic amines) is 1. The van der Waals surface area contributed by atoms with Gasteiger partial charge in [-0.2, -0.15) is 0 Å². The first kappa shape index (κ1) is 14.2. The number of rotatable bonds is 2. The van der Waals surface area contributed by atoms with Crippen molar-refractivity contribution in [2.45, 2.75) is 6.42 Å². The quantitative estimate of drug-likeness (QED) is 0.886. The second-order valence-corrected chi connectivity index (χ2v) is 6.61. The van der Waals surface area contributed by atoms with Crippen molar-refractivity contribution in [1.82, 2.24) is 4.90 Å². The molecule has 1 aliphatic rings. The molecule has 110 valence electrons. The van der Waals surface area contributed by atoms with Crippen LogP contribution in [0, 0.1) is 5.92 Å². The van der Waals surface area contributed by atoms with Gasteiger partial charge in [0.15, 0.2) is 0 Å². The molecule has 21 heavy (non-hydrogen) atoms. The van der Waals surface area contributed by atoms with Crippen LogP contribution >= 0.6 is 22.9 Å². The zero-order chi connectivity index (χ0) is 15.1. The maximum atomic E-state index is 12.6. The van der Waals surface area contributed by atoms with Crippen molar-refractivity contribution in [1.29, 1.82) is 0 Å². The number of nitrogens with zero attached hydrogens (tertiary/aromatic N) is 1. The van der Waals surface area contributed by atoms with Crippen molar-refractivity contribution in [2.24, 2.45) is 11.7 Å². The Bertz CT molecular complexity index is 743. The van der Waals surface area contributed by atoms with Crippen molar-refractivity contribution in [3.05, 3.63) is 28.1 Å². The summed E-state index contributed by atoms with van der Waals surface area (Å²) in [6.07, 6.45) is 0.609. The molecule has 5 nitrogen and oxygen atoms in total. The van der Waals surface area contributed by atoms with Crippen molar-refractivity contribution >= 4 is 50.5 Å². The summed E-state index contributed by atoms with van der Waals surface area (Å²) in [5, 5.41) is 1.38. The van der Waals surface area contributed by atoms with Crippen LogP contribution < -0.4 is 11.5 Å². The molecule has 0 aliphatic carbocycles. The highest BCUT2D eigenvalue weighted by molar-refractivity contribution is 7.21. The molecule has 0 saturated carbocycles. The van der Waals surface area contributed by atoms with Gasteiger partial charge in [-0.25, -0.2) is 0 Å². The Kier molecular flexibility index (Phi) is 3.51.